The van der Waals surface area contributed by atoms with Gasteiger partial charge in [-0.15, -0.1) is 0 Å². The first-order valence-corrected chi connectivity index (χ1v) is 6.36. The Bertz CT molecular complexity index is 255. The molecule has 0 bridgehead atoms. The van der Waals surface area contributed by atoms with Crippen molar-refractivity contribution < 1.29 is 4.79 Å². The number of allylic oxidation sites excluding steroid dienone is 1. The summed E-state index contributed by atoms with van der Waals surface area (Å²) in [5.74, 6) is 0.632. The number of amides is 1. The van der Waals surface area contributed by atoms with Gasteiger partial charge >= 0.3 is 0 Å². The van der Waals surface area contributed by atoms with Gasteiger partial charge in [0.1, 0.15) is 0 Å². The third-order valence-corrected chi connectivity index (χ3v) is 3.41. The minimum atomic E-state index is 0.0456. The summed E-state index contributed by atoms with van der Waals surface area (Å²) in [6, 6.07) is 0.162. The summed E-state index contributed by atoms with van der Waals surface area (Å²) in [7, 11) is 0. The molecule has 16 heavy (non-hydrogen) atoms. The number of rotatable bonds is 5. The molecule has 1 unspecified atom stereocenters. The predicted octanol–water partition coefficient (Wildman–Crippen LogP) is 1.98. The monoisotopic (exact) mass is 224 g/mol. The van der Waals surface area contributed by atoms with Crippen LogP contribution in [0.1, 0.15) is 46.0 Å². The van der Waals surface area contributed by atoms with Crippen molar-refractivity contribution in [1.29, 1.82) is 0 Å². The van der Waals surface area contributed by atoms with E-state index in [9.17, 15) is 4.79 Å². The van der Waals surface area contributed by atoms with Gasteiger partial charge in [-0.05, 0) is 32.1 Å². The number of carbonyl (C=O) groups is 1. The fraction of sp³-hybridized carbons (Fsp3) is 0.769. The molecule has 1 rings (SSSR count). The van der Waals surface area contributed by atoms with Crippen LogP contribution < -0.4 is 11.1 Å². The largest absolute Gasteiger partial charge is 0.348 e. The van der Waals surface area contributed by atoms with Crippen molar-refractivity contribution in [1.82, 2.24) is 5.32 Å². The second kappa shape index (κ2) is 6.69. The third kappa shape index (κ3) is 3.63. The maximum atomic E-state index is 11.8. The number of carbonyl (C=O) groups excluding carboxylic acids is 1. The normalized spacial score (nSPS) is 19.8. The number of nitrogens with one attached hydrogen (secondary N) is 1. The summed E-state index contributed by atoms with van der Waals surface area (Å²) >= 11 is 0. The minimum absolute atomic E-state index is 0.0456. The van der Waals surface area contributed by atoms with E-state index in [2.05, 4.69) is 5.32 Å². The van der Waals surface area contributed by atoms with Gasteiger partial charge in [-0.1, -0.05) is 25.8 Å². The summed E-state index contributed by atoms with van der Waals surface area (Å²) < 4.78 is 0. The molecule has 0 aromatic rings. The molecule has 1 fully saturated rings. The van der Waals surface area contributed by atoms with E-state index in [0.29, 0.717) is 12.5 Å². The highest BCUT2D eigenvalue weighted by molar-refractivity contribution is 5.92. The SMILES string of the molecule is CC/C=C(/C)C(=O)NC(CN)C1CCCC1. The van der Waals surface area contributed by atoms with Crippen LogP contribution in [-0.4, -0.2) is 18.5 Å². The molecule has 0 radical (unpaired) electrons. The second-order valence-corrected chi connectivity index (χ2v) is 4.66. The van der Waals surface area contributed by atoms with Gasteiger partial charge in [0.2, 0.25) is 5.91 Å². The fourth-order valence-corrected chi connectivity index (χ4v) is 2.41. The Labute approximate surface area is 98.5 Å². The Morgan fingerprint density at radius 3 is 2.62 bits per heavy atom. The molecule has 0 aromatic heterocycles. The Kier molecular flexibility index (Phi) is 5.53. The average Bonchev–Trinajstić information content (AvgIpc) is 2.79. The Morgan fingerprint density at radius 2 is 2.12 bits per heavy atom. The van der Waals surface area contributed by atoms with E-state index in [4.69, 9.17) is 5.73 Å². The van der Waals surface area contributed by atoms with Crippen molar-refractivity contribution in [2.45, 2.75) is 52.0 Å². The van der Waals surface area contributed by atoms with Gasteiger partial charge in [0.05, 0.1) is 0 Å². The summed E-state index contributed by atoms with van der Waals surface area (Å²) in [5.41, 5.74) is 6.55. The molecule has 0 saturated heterocycles. The fourth-order valence-electron chi connectivity index (χ4n) is 2.41. The first kappa shape index (κ1) is 13.2. The van der Waals surface area contributed by atoms with Gasteiger partial charge in [-0.2, -0.15) is 0 Å². The van der Waals surface area contributed by atoms with E-state index in [0.717, 1.165) is 12.0 Å². The molecule has 1 aliphatic rings. The van der Waals surface area contributed by atoms with Crippen LogP contribution in [0.4, 0.5) is 0 Å². The molecule has 1 aliphatic carbocycles. The molecule has 3 heteroatoms. The molecule has 1 saturated carbocycles. The molecular formula is C13H24N2O. The van der Waals surface area contributed by atoms with Crippen LogP contribution in [0.25, 0.3) is 0 Å². The zero-order chi connectivity index (χ0) is 12.0. The standard InChI is InChI=1S/C13H24N2O/c1-3-6-10(2)13(16)15-12(9-14)11-7-4-5-8-11/h6,11-12H,3-5,7-9,14H2,1-2H3,(H,15,16)/b10-6-. The van der Waals surface area contributed by atoms with Crippen LogP contribution in [0.2, 0.25) is 0 Å². The highest BCUT2D eigenvalue weighted by Crippen LogP contribution is 2.27. The van der Waals surface area contributed by atoms with Gasteiger partial charge in [0, 0.05) is 18.2 Å². The zero-order valence-corrected chi connectivity index (χ0v) is 10.5. The molecule has 0 heterocycles. The highest BCUT2D eigenvalue weighted by atomic mass is 16.1. The maximum Gasteiger partial charge on any atom is 0.246 e. The first-order valence-electron chi connectivity index (χ1n) is 6.36. The van der Waals surface area contributed by atoms with Crippen molar-refractivity contribution in [2.24, 2.45) is 11.7 Å². The molecular weight excluding hydrogens is 200 g/mol. The van der Waals surface area contributed by atoms with E-state index >= 15 is 0 Å². The average molecular weight is 224 g/mol. The number of nitrogens with two attached hydrogens (primary N) is 1. The summed E-state index contributed by atoms with van der Waals surface area (Å²) in [4.78, 5) is 11.8. The third-order valence-electron chi connectivity index (χ3n) is 3.41. The Hall–Kier alpha value is -0.830. The minimum Gasteiger partial charge on any atom is -0.348 e. The predicted molar refractivity (Wildman–Crippen MR) is 67.0 cm³/mol. The summed E-state index contributed by atoms with van der Waals surface area (Å²) in [6.07, 6.45) is 7.83. The summed E-state index contributed by atoms with van der Waals surface area (Å²) in [6.45, 7) is 4.45. The van der Waals surface area contributed by atoms with E-state index < -0.39 is 0 Å². The van der Waals surface area contributed by atoms with Crippen LogP contribution >= 0.6 is 0 Å². The van der Waals surface area contributed by atoms with Crippen molar-refractivity contribution >= 4 is 5.91 Å². The Morgan fingerprint density at radius 1 is 1.50 bits per heavy atom. The molecule has 1 atom stereocenters. The van der Waals surface area contributed by atoms with E-state index in [1.165, 1.54) is 25.7 Å². The maximum absolute atomic E-state index is 11.8. The van der Waals surface area contributed by atoms with Crippen molar-refractivity contribution in [3.05, 3.63) is 11.6 Å². The lowest BCUT2D eigenvalue weighted by Crippen LogP contribution is -2.44. The molecule has 0 aliphatic heterocycles. The Balaban J connectivity index is 2.49. The van der Waals surface area contributed by atoms with Gasteiger partial charge < -0.3 is 11.1 Å². The van der Waals surface area contributed by atoms with E-state index in [1.807, 2.05) is 19.9 Å². The van der Waals surface area contributed by atoms with Gasteiger partial charge in [-0.3, -0.25) is 4.79 Å². The number of hydrogen-bond acceptors (Lipinski definition) is 2. The zero-order valence-electron chi connectivity index (χ0n) is 10.5. The smallest absolute Gasteiger partial charge is 0.246 e. The lowest BCUT2D eigenvalue weighted by atomic mass is 9.98. The van der Waals surface area contributed by atoms with Crippen LogP contribution in [0.5, 0.6) is 0 Å². The topological polar surface area (TPSA) is 55.1 Å². The van der Waals surface area contributed by atoms with Crippen LogP contribution in [0.15, 0.2) is 11.6 Å². The molecule has 0 aromatic carbocycles. The van der Waals surface area contributed by atoms with Gasteiger partial charge in [0.15, 0.2) is 0 Å². The molecule has 1 amide bonds. The lowest BCUT2D eigenvalue weighted by molar-refractivity contribution is -0.118. The van der Waals surface area contributed by atoms with Crippen molar-refractivity contribution in [2.75, 3.05) is 6.54 Å². The van der Waals surface area contributed by atoms with Gasteiger partial charge in [-0.25, -0.2) is 0 Å². The van der Waals surface area contributed by atoms with Crippen LogP contribution in [0, 0.1) is 5.92 Å². The summed E-state index contributed by atoms with van der Waals surface area (Å²) in [5, 5.41) is 3.06. The lowest BCUT2D eigenvalue weighted by Gasteiger charge is -2.23. The van der Waals surface area contributed by atoms with E-state index in [-0.39, 0.29) is 11.9 Å². The molecule has 92 valence electrons. The van der Waals surface area contributed by atoms with Gasteiger partial charge in [0.25, 0.3) is 0 Å². The number of hydrogen-bond donors (Lipinski definition) is 2. The molecule has 3 N–H and O–H groups in total. The van der Waals surface area contributed by atoms with Crippen molar-refractivity contribution in [3.8, 4) is 0 Å². The second-order valence-electron chi connectivity index (χ2n) is 4.66. The molecule has 0 spiro atoms. The highest BCUT2D eigenvalue weighted by Gasteiger charge is 2.25. The van der Waals surface area contributed by atoms with Crippen molar-refractivity contribution in [3.63, 3.8) is 0 Å². The van der Waals surface area contributed by atoms with Crippen LogP contribution in [0.3, 0.4) is 0 Å². The van der Waals surface area contributed by atoms with Crippen LogP contribution in [-0.2, 0) is 4.79 Å². The quantitative estimate of drug-likeness (QED) is 0.702. The molecule has 3 nitrogen and oxygen atoms in total. The van der Waals surface area contributed by atoms with E-state index in [1.54, 1.807) is 0 Å². The first-order chi connectivity index (χ1) is 7.69.